The summed E-state index contributed by atoms with van der Waals surface area (Å²) in [5.41, 5.74) is 6.86. The van der Waals surface area contributed by atoms with Gasteiger partial charge in [-0.05, 0) is 6.92 Å². The molecule has 1 aromatic rings. The molecule has 1 rings (SSSR count). The first-order valence-corrected chi connectivity index (χ1v) is 3.75. The van der Waals surface area contributed by atoms with Crippen LogP contribution in [0.5, 0.6) is 0 Å². The quantitative estimate of drug-likeness (QED) is 0.606. The van der Waals surface area contributed by atoms with Crippen molar-refractivity contribution in [1.29, 1.82) is 0 Å². The predicted molar refractivity (Wildman–Crippen MR) is 46.7 cm³/mol. The van der Waals surface area contributed by atoms with Gasteiger partial charge in [-0.15, -0.1) is 0 Å². The van der Waals surface area contributed by atoms with Crippen molar-refractivity contribution in [3.63, 3.8) is 0 Å². The summed E-state index contributed by atoms with van der Waals surface area (Å²) in [6.07, 6.45) is 0.422. The molecule has 0 saturated carbocycles. The van der Waals surface area contributed by atoms with Crippen molar-refractivity contribution in [2.24, 2.45) is 0 Å². The van der Waals surface area contributed by atoms with Crippen molar-refractivity contribution >= 4 is 17.4 Å². The third kappa shape index (κ3) is 1.55. The Bertz CT molecular complexity index is 292. The summed E-state index contributed by atoms with van der Waals surface area (Å²) >= 11 is 0. The minimum absolute atomic E-state index is 0.0896. The number of rotatable bonds is 2. The Morgan fingerprint density at radius 2 is 2.42 bits per heavy atom. The van der Waals surface area contributed by atoms with Gasteiger partial charge in [0, 0.05) is 6.42 Å². The van der Waals surface area contributed by atoms with E-state index in [4.69, 9.17) is 5.73 Å². The van der Waals surface area contributed by atoms with E-state index in [0.717, 1.165) is 5.69 Å². The molecule has 1 heterocycles. The van der Waals surface area contributed by atoms with Crippen molar-refractivity contribution in [3.8, 4) is 0 Å². The molecular formula is C7H12N4O. The molecule has 0 aromatic carbocycles. The maximum absolute atomic E-state index is 10.9. The van der Waals surface area contributed by atoms with Crippen LogP contribution in [0.2, 0.25) is 0 Å². The van der Waals surface area contributed by atoms with E-state index in [0.29, 0.717) is 17.9 Å². The number of aryl methyl sites for hydroxylation is 1. The van der Waals surface area contributed by atoms with E-state index in [1.165, 1.54) is 0 Å². The van der Waals surface area contributed by atoms with Gasteiger partial charge >= 0.3 is 0 Å². The number of nitrogens with zero attached hydrogens (tertiary/aromatic N) is 1. The number of amides is 1. The molecule has 0 saturated heterocycles. The number of carbonyl (C=O) groups is 1. The van der Waals surface area contributed by atoms with Gasteiger partial charge in [0.1, 0.15) is 0 Å². The van der Waals surface area contributed by atoms with E-state index in [9.17, 15) is 4.79 Å². The lowest BCUT2D eigenvalue weighted by Crippen LogP contribution is -2.11. The fourth-order valence-electron chi connectivity index (χ4n) is 0.754. The van der Waals surface area contributed by atoms with Gasteiger partial charge in [0.2, 0.25) is 5.91 Å². The van der Waals surface area contributed by atoms with Gasteiger partial charge in [0.05, 0.1) is 11.4 Å². The van der Waals surface area contributed by atoms with Gasteiger partial charge in [0.25, 0.3) is 0 Å². The smallest absolute Gasteiger partial charge is 0.225 e. The molecule has 0 atom stereocenters. The molecule has 0 fully saturated rings. The average molecular weight is 168 g/mol. The van der Waals surface area contributed by atoms with Crippen LogP contribution < -0.4 is 11.1 Å². The van der Waals surface area contributed by atoms with Crippen LogP contribution in [-0.4, -0.2) is 16.1 Å². The molecular weight excluding hydrogens is 156 g/mol. The Labute approximate surface area is 70.3 Å². The Hall–Kier alpha value is -1.52. The van der Waals surface area contributed by atoms with Gasteiger partial charge in [0.15, 0.2) is 5.82 Å². The minimum atomic E-state index is -0.0896. The van der Waals surface area contributed by atoms with Gasteiger partial charge in [-0.3, -0.25) is 9.89 Å². The largest absolute Gasteiger partial charge is 0.394 e. The van der Waals surface area contributed by atoms with Crippen LogP contribution in [0.3, 0.4) is 0 Å². The number of hydrogen-bond donors (Lipinski definition) is 3. The third-order valence-corrected chi connectivity index (χ3v) is 1.57. The number of hydrogen-bond acceptors (Lipinski definition) is 3. The fourth-order valence-corrected chi connectivity index (χ4v) is 0.754. The van der Waals surface area contributed by atoms with E-state index >= 15 is 0 Å². The number of aromatic nitrogens is 2. The molecule has 4 N–H and O–H groups in total. The normalized spacial score (nSPS) is 9.83. The maximum Gasteiger partial charge on any atom is 0.225 e. The van der Waals surface area contributed by atoms with Gasteiger partial charge in [-0.2, -0.15) is 5.10 Å². The summed E-state index contributed by atoms with van der Waals surface area (Å²) in [7, 11) is 0. The van der Waals surface area contributed by atoms with E-state index in [2.05, 4.69) is 15.5 Å². The molecule has 0 spiro atoms. The lowest BCUT2D eigenvalue weighted by Gasteiger charge is -1.98. The fraction of sp³-hybridized carbons (Fsp3) is 0.429. The predicted octanol–water partition coefficient (Wildman–Crippen LogP) is 0.649. The van der Waals surface area contributed by atoms with Crippen molar-refractivity contribution < 1.29 is 4.79 Å². The Morgan fingerprint density at radius 1 is 1.75 bits per heavy atom. The van der Waals surface area contributed by atoms with E-state index < -0.39 is 0 Å². The zero-order valence-corrected chi connectivity index (χ0v) is 7.14. The molecule has 5 heteroatoms. The molecule has 0 radical (unpaired) electrons. The van der Waals surface area contributed by atoms with E-state index in [1.54, 1.807) is 13.8 Å². The number of nitrogens with two attached hydrogens (primary N) is 1. The highest BCUT2D eigenvalue weighted by Crippen LogP contribution is 2.17. The lowest BCUT2D eigenvalue weighted by atomic mass is 10.4. The monoisotopic (exact) mass is 168 g/mol. The molecule has 0 bridgehead atoms. The van der Waals surface area contributed by atoms with Crippen LogP contribution >= 0.6 is 0 Å². The highest BCUT2D eigenvalue weighted by atomic mass is 16.1. The Kier molecular flexibility index (Phi) is 2.32. The zero-order valence-electron chi connectivity index (χ0n) is 7.14. The standard InChI is InChI=1S/C7H12N4O/c1-3-5(12)9-7-6(8)4(2)10-11-7/h3,8H2,1-2H3,(H2,9,10,11,12). The van der Waals surface area contributed by atoms with Crippen LogP contribution in [0.15, 0.2) is 0 Å². The summed E-state index contributed by atoms with van der Waals surface area (Å²) in [5.74, 6) is 0.326. The number of aromatic amines is 1. The highest BCUT2D eigenvalue weighted by molar-refractivity contribution is 5.92. The Balaban J connectivity index is 2.76. The van der Waals surface area contributed by atoms with Crippen LogP contribution in [0.1, 0.15) is 19.0 Å². The zero-order chi connectivity index (χ0) is 9.14. The molecule has 0 unspecified atom stereocenters. The van der Waals surface area contributed by atoms with Crippen molar-refractivity contribution in [1.82, 2.24) is 10.2 Å². The second kappa shape index (κ2) is 3.25. The molecule has 0 aliphatic heterocycles. The summed E-state index contributed by atoms with van der Waals surface area (Å²) in [5, 5.41) is 9.07. The van der Waals surface area contributed by atoms with Crippen LogP contribution in [0, 0.1) is 6.92 Å². The molecule has 1 amide bonds. The first-order chi connectivity index (χ1) is 5.65. The molecule has 12 heavy (non-hydrogen) atoms. The van der Waals surface area contributed by atoms with Crippen LogP contribution in [-0.2, 0) is 4.79 Å². The number of nitrogens with one attached hydrogen (secondary N) is 2. The van der Waals surface area contributed by atoms with Crippen molar-refractivity contribution in [2.75, 3.05) is 11.1 Å². The molecule has 66 valence electrons. The second-order valence-electron chi connectivity index (χ2n) is 2.51. The number of H-pyrrole nitrogens is 1. The molecule has 5 nitrogen and oxygen atoms in total. The first kappa shape index (κ1) is 8.58. The first-order valence-electron chi connectivity index (χ1n) is 3.75. The Morgan fingerprint density at radius 3 is 2.83 bits per heavy atom. The van der Waals surface area contributed by atoms with Crippen LogP contribution in [0.4, 0.5) is 11.5 Å². The summed E-state index contributed by atoms with van der Waals surface area (Å²) in [6, 6.07) is 0. The SMILES string of the molecule is CCC(=O)Nc1n[nH]c(C)c1N. The van der Waals surface area contributed by atoms with E-state index in [1.807, 2.05) is 0 Å². The average Bonchev–Trinajstić information content (AvgIpc) is 2.36. The minimum Gasteiger partial charge on any atom is -0.394 e. The molecule has 0 aliphatic rings. The van der Waals surface area contributed by atoms with Crippen molar-refractivity contribution in [3.05, 3.63) is 5.69 Å². The van der Waals surface area contributed by atoms with Crippen LogP contribution in [0.25, 0.3) is 0 Å². The summed E-state index contributed by atoms with van der Waals surface area (Å²) in [6.45, 7) is 3.56. The van der Waals surface area contributed by atoms with Gasteiger partial charge in [-0.1, -0.05) is 6.92 Å². The summed E-state index contributed by atoms with van der Waals surface area (Å²) in [4.78, 5) is 10.9. The van der Waals surface area contributed by atoms with Crippen molar-refractivity contribution in [2.45, 2.75) is 20.3 Å². The third-order valence-electron chi connectivity index (χ3n) is 1.57. The summed E-state index contributed by atoms with van der Waals surface area (Å²) < 4.78 is 0. The molecule has 0 aliphatic carbocycles. The number of carbonyl (C=O) groups excluding carboxylic acids is 1. The number of anilines is 2. The van der Waals surface area contributed by atoms with E-state index in [-0.39, 0.29) is 5.91 Å². The number of nitrogen functional groups attached to an aromatic ring is 1. The molecule has 1 aromatic heterocycles. The lowest BCUT2D eigenvalue weighted by molar-refractivity contribution is -0.115. The topological polar surface area (TPSA) is 83.8 Å². The van der Waals surface area contributed by atoms with Gasteiger partial charge in [-0.25, -0.2) is 0 Å². The highest BCUT2D eigenvalue weighted by Gasteiger charge is 2.07. The maximum atomic E-state index is 10.9. The second-order valence-corrected chi connectivity index (χ2v) is 2.51. The van der Waals surface area contributed by atoms with Gasteiger partial charge < -0.3 is 11.1 Å².